The lowest BCUT2D eigenvalue weighted by Crippen LogP contribution is -2.55. The molecule has 1 aliphatic heterocycles. The van der Waals surface area contributed by atoms with E-state index in [0.29, 0.717) is 5.01 Å². The highest BCUT2D eigenvalue weighted by molar-refractivity contribution is 7.14. The quantitative estimate of drug-likeness (QED) is 0.843. The molecule has 0 aliphatic carbocycles. The van der Waals surface area contributed by atoms with Crippen LogP contribution in [0.4, 0.5) is 18.3 Å². The molecule has 6 nitrogen and oxygen atoms in total. The molecule has 1 unspecified atom stereocenters. The van der Waals surface area contributed by atoms with E-state index in [-0.39, 0.29) is 16.5 Å². The predicted molar refractivity (Wildman–Crippen MR) is 64.7 cm³/mol. The maximum absolute atomic E-state index is 13.0. The number of esters is 1. The molecule has 110 valence electrons. The SMILES string of the molecule is COC(=O)c1csc(N2N=C(C)CC2(O)C(F)(F)F)n1. The van der Waals surface area contributed by atoms with Crippen molar-refractivity contribution in [3.05, 3.63) is 11.1 Å². The van der Waals surface area contributed by atoms with Gasteiger partial charge in [-0.1, -0.05) is 0 Å². The van der Waals surface area contributed by atoms with Gasteiger partial charge in [0.2, 0.25) is 5.13 Å². The second-order valence-electron chi connectivity index (χ2n) is 4.15. The Labute approximate surface area is 115 Å². The second kappa shape index (κ2) is 4.70. The topological polar surface area (TPSA) is 75.0 Å². The third-order valence-electron chi connectivity index (χ3n) is 2.65. The van der Waals surface area contributed by atoms with Crippen LogP contribution in [0.3, 0.4) is 0 Å². The Morgan fingerprint density at radius 1 is 1.60 bits per heavy atom. The fourth-order valence-electron chi connectivity index (χ4n) is 1.70. The number of halogens is 3. The van der Waals surface area contributed by atoms with Gasteiger partial charge in [-0.25, -0.2) is 9.78 Å². The van der Waals surface area contributed by atoms with Crippen LogP contribution in [0.15, 0.2) is 10.5 Å². The smallest absolute Gasteiger partial charge is 0.438 e. The number of aliphatic hydroxyl groups is 1. The van der Waals surface area contributed by atoms with Crippen molar-refractivity contribution in [3.8, 4) is 0 Å². The maximum Gasteiger partial charge on any atom is 0.438 e. The van der Waals surface area contributed by atoms with Crippen LogP contribution >= 0.6 is 11.3 Å². The highest BCUT2D eigenvalue weighted by Crippen LogP contribution is 2.43. The summed E-state index contributed by atoms with van der Waals surface area (Å²) in [5.74, 6) is -0.775. The summed E-state index contributed by atoms with van der Waals surface area (Å²) in [5, 5.41) is 14.9. The normalized spacial score (nSPS) is 22.9. The first-order chi connectivity index (χ1) is 9.19. The number of nitrogens with zero attached hydrogens (tertiary/aromatic N) is 3. The molecule has 0 saturated carbocycles. The number of rotatable bonds is 2. The molecule has 0 amide bonds. The van der Waals surface area contributed by atoms with Gasteiger partial charge in [0.1, 0.15) is 0 Å². The number of aromatic nitrogens is 1. The van der Waals surface area contributed by atoms with Crippen molar-refractivity contribution in [2.45, 2.75) is 25.2 Å². The van der Waals surface area contributed by atoms with Crippen LogP contribution in [0, 0.1) is 0 Å². The molecular weight excluding hydrogens is 299 g/mol. The van der Waals surface area contributed by atoms with Crippen molar-refractivity contribution in [2.75, 3.05) is 12.1 Å². The molecule has 0 saturated heterocycles. The van der Waals surface area contributed by atoms with Crippen molar-refractivity contribution in [2.24, 2.45) is 5.10 Å². The Morgan fingerprint density at radius 2 is 2.25 bits per heavy atom. The van der Waals surface area contributed by atoms with Crippen molar-refractivity contribution in [3.63, 3.8) is 0 Å². The first-order valence-corrected chi connectivity index (χ1v) is 6.24. The van der Waals surface area contributed by atoms with Crippen LogP contribution < -0.4 is 5.01 Å². The molecule has 1 N–H and O–H groups in total. The van der Waals surface area contributed by atoms with Gasteiger partial charge in [-0.05, 0) is 6.92 Å². The Bertz CT molecular complexity index is 572. The van der Waals surface area contributed by atoms with Gasteiger partial charge in [0, 0.05) is 17.5 Å². The lowest BCUT2D eigenvalue weighted by atomic mass is 10.1. The summed E-state index contributed by atoms with van der Waals surface area (Å²) >= 11 is 0.758. The molecule has 1 aromatic rings. The van der Waals surface area contributed by atoms with Gasteiger partial charge in [-0.3, -0.25) is 0 Å². The number of methoxy groups -OCH3 is 1. The number of carbonyl (C=O) groups excluding carboxylic acids is 1. The minimum atomic E-state index is -4.91. The van der Waals surface area contributed by atoms with E-state index in [1.807, 2.05) is 0 Å². The van der Waals surface area contributed by atoms with Gasteiger partial charge >= 0.3 is 12.1 Å². The van der Waals surface area contributed by atoms with E-state index in [2.05, 4.69) is 14.8 Å². The summed E-state index contributed by atoms with van der Waals surface area (Å²) in [4.78, 5) is 15.0. The average Bonchev–Trinajstić information content (AvgIpc) is 2.92. The van der Waals surface area contributed by atoms with Crippen molar-refractivity contribution >= 4 is 28.1 Å². The summed E-state index contributed by atoms with van der Waals surface area (Å²) in [6.45, 7) is 1.37. The van der Waals surface area contributed by atoms with Crippen molar-refractivity contribution in [1.29, 1.82) is 0 Å². The molecule has 10 heteroatoms. The fourth-order valence-corrected chi connectivity index (χ4v) is 2.51. The van der Waals surface area contributed by atoms with Crippen LogP contribution in [-0.2, 0) is 4.74 Å². The van der Waals surface area contributed by atoms with Crippen LogP contribution in [0.1, 0.15) is 23.8 Å². The number of ether oxygens (including phenoxy) is 1. The molecule has 0 fully saturated rings. The summed E-state index contributed by atoms with van der Waals surface area (Å²) in [6, 6.07) is 0. The summed E-state index contributed by atoms with van der Waals surface area (Å²) in [5.41, 5.74) is -3.18. The van der Waals surface area contributed by atoms with E-state index < -0.39 is 24.3 Å². The Balaban J connectivity index is 2.39. The molecule has 1 aromatic heterocycles. The Morgan fingerprint density at radius 3 is 2.80 bits per heavy atom. The minimum Gasteiger partial charge on any atom is -0.464 e. The van der Waals surface area contributed by atoms with Gasteiger partial charge < -0.3 is 9.84 Å². The lowest BCUT2D eigenvalue weighted by Gasteiger charge is -2.32. The maximum atomic E-state index is 13.0. The highest BCUT2D eigenvalue weighted by Gasteiger charge is 2.62. The van der Waals surface area contributed by atoms with Gasteiger partial charge in [0.15, 0.2) is 5.69 Å². The van der Waals surface area contributed by atoms with E-state index in [0.717, 1.165) is 18.4 Å². The average molecular weight is 309 g/mol. The molecular formula is C10H10F3N3O3S. The molecule has 0 spiro atoms. The van der Waals surface area contributed by atoms with Crippen LogP contribution in [-0.4, -0.2) is 40.8 Å². The minimum absolute atomic E-state index is 0.111. The number of anilines is 1. The molecule has 20 heavy (non-hydrogen) atoms. The summed E-state index contributed by atoms with van der Waals surface area (Å²) in [6.07, 6.45) is -5.59. The Kier molecular flexibility index (Phi) is 3.46. The van der Waals surface area contributed by atoms with Crippen molar-refractivity contribution < 1.29 is 27.8 Å². The lowest BCUT2D eigenvalue weighted by molar-refractivity contribution is -0.254. The zero-order chi connectivity index (χ0) is 15.1. The molecule has 0 aromatic carbocycles. The van der Waals surface area contributed by atoms with Gasteiger partial charge in [0.05, 0.1) is 7.11 Å². The van der Waals surface area contributed by atoms with Gasteiger partial charge in [-0.15, -0.1) is 11.3 Å². The first kappa shape index (κ1) is 14.7. The van der Waals surface area contributed by atoms with E-state index >= 15 is 0 Å². The van der Waals surface area contributed by atoms with E-state index in [9.17, 15) is 23.1 Å². The number of alkyl halides is 3. The largest absolute Gasteiger partial charge is 0.464 e. The summed E-state index contributed by atoms with van der Waals surface area (Å²) in [7, 11) is 1.13. The first-order valence-electron chi connectivity index (χ1n) is 5.36. The number of hydrazone groups is 1. The van der Waals surface area contributed by atoms with Gasteiger partial charge in [-0.2, -0.15) is 23.3 Å². The van der Waals surface area contributed by atoms with Crippen LogP contribution in [0.2, 0.25) is 0 Å². The number of hydrogen-bond donors (Lipinski definition) is 1. The van der Waals surface area contributed by atoms with E-state index in [1.165, 1.54) is 12.3 Å². The molecule has 2 rings (SSSR count). The second-order valence-corrected chi connectivity index (χ2v) is 4.98. The zero-order valence-electron chi connectivity index (χ0n) is 10.4. The molecule has 0 bridgehead atoms. The van der Waals surface area contributed by atoms with Crippen LogP contribution in [0.5, 0.6) is 0 Å². The molecule has 1 aliphatic rings. The van der Waals surface area contributed by atoms with E-state index in [4.69, 9.17) is 0 Å². The zero-order valence-corrected chi connectivity index (χ0v) is 11.2. The predicted octanol–water partition coefficient (Wildman–Crippen LogP) is 1.77. The number of thiazole rings is 1. The number of carbonyl (C=O) groups is 1. The third kappa shape index (κ3) is 2.24. The molecule has 0 radical (unpaired) electrons. The fraction of sp³-hybridized carbons (Fsp3) is 0.500. The standard InChI is InChI=1S/C10H10F3N3O3S/c1-5-3-9(18,10(11,12)13)16(15-5)8-14-6(4-20-8)7(17)19-2/h4,18H,3H2,1-2H3. The van der Waals surface area contributed by atoms with Crippen molar-refractivity contribution in [1.82, 2.24) is 4.98 Å². The van der Waals surface area contributed by atoms with Gasteiger partial charge in [0.25, 0.3) is 5.72 Å². The van der Waals surface area contributed by atoms with E-state index in [1.54, 1.807) is 0 Å². The third-order valence-corrected chi connectivity index (χ3v) is 3.46. The number of hydrogen-bond acceptors (Lipinski definition) is 7. The molecule has 2 heterocycles. The monoisotopic (exact) mass is 309 g/mol. The molecule has 1 atom stereocenters. The highest BCUT2D eigenvalue weighted by atomic mass is 32.1. The summed E-state index contributed by atoms with van der Waals surface area (Å²) < 4.78 is 43.4. The Hall–Kier alpha value is -1.68. The van der Waals surface area contributed by atoms with Crippen LogP contribution in [0.25, 0.3) is 0 Å².